The quantitative estimate of drug-likeness (QED) is 0.771. The van der Waals surface area contributed by atoms with E-state index in [2.05, 4.69) is 55.6 Å². The number of rotatable bonds is 3. The Morgan fingerprint density at radius 2 is 1.48 bits per heavy atom. The normalized spacial score (nSPS) is 26.8. The van der Waals surface area contributed by atoms with Crippen LogP contribution in [-0.2, 0) is 12.0 Å². The molecule has 0 saturated carbocycles. The number of hydrogen-bond donors (Lipinski definition) is 0. The van der Waals surface area contributed by atoms with Gasteiger partial charge < -0.3 is 4.48 Å². The zero-order valence-electron chi connectivity index (χ0n) is 13.6. The summed E-state index contributed by atoms with van der Waals surface area (Å²) in [5.41, 5.74) is 2.27. The fourth-order valence-electron chi connectivity index (χ4n) is 3.56. The van der Waals surface area contributed by atoms with Crippen molar-refractivity contribution in [3.05, 3.63) is 71.8 Å². The van der Waals surface area contributed by atoms with Crippen molar-refractivity contribution in [2.45, 2.75) is 24.8 Å². The van der Waals surface area contributed by atoms with Crippen LogP contribution >= 0.6 is 12.4 Å². The second-order valence-corrected chi connectivity index (χ2v) is 6.77. The van der Waals surface area contributed by atoms with Crippen molar-refractivity contribution in [2.24, 2.45) is 0 Å². The van der Waals surface area contributed by atoms with Crippen molar-refractivity contribution in [3.8, 4) is 6.07 Å². The summed E-state index contributed by atoms with van der Waals surface area (Å²) in [5, 5.41) is 9.80. The first kappa shape index (κ1) is 17.5. The van der Waals surface area contributed by atoms with Crippen molar-refractivity contribution in [3.63, 3.8) is 0 Å². The maximum absolute atomic E-state index is 9.80. The van der Waals surface area contributed by atoms with Gasteiger partial charge in [0, 0.05) is 18.4 Å². The Morgan fingerprint density at radius 3 is 2.00 bits per heavy atom. The molecule has 120 valence electrons. The Bertz CT molecular complexity index is 653. The molecule has 23 heavy (non-hydrogen) atoms. The van der Waals surface area contributed by atoms with Crippen LogP contribution in [0.4, 0.5) is 0 Å². The summed E-state index contributed by atoms with van der Waals surface area (Å²) in [6, 6.07) is 23.6. The van der Waals surface area contributed by atoms with E-state index in [0.29, 0.717) is 0 Å². The zero-order valence-corrected chi connectivity index (χ0v) is 14.4. The minimum Gasteiger partial charge on any atom is -0.322 e. The topological polar surface area (TPSA) is 23.8 Å². The molecular weight excluding hydrogens is 304 g/mol. The first-order valence-electron chi connectivity index (χ1n) is 8.00. The van der Waals surface area contributed by atoms with E-state index < -0.39 is 0 Å². The molecule has 0 N–H and O–H groups in total. The Morgan fingerprint density at radius 1 is 0.957 bits per heavy atom. The van der Waals surface area contributed by atoms with Gasteiger partial charge in [0.1, 0.15) is 6.54 Å². The summed E-state index contributed by atoms with van der Waals surface area (Å²) < 4.78 is 1.03. The number of nitriles is 1. The molecule has 0 bridgehead atoms. The van der Waals surface area contributed by atoms with Gasteiger partial charge in [-0.3, -0.25) is 0 Å². The SMILES string of the molecule is C[N+]1(Cc2ccccc2)CCC(C#N)(c2ccccc2)CC1.Cl. The summed E-state index contributed by atoms with van der Waals surface area (Å²) in [6.45, 7) is 3.16. The molecule has 1 aliphatic rings. The Balaban J connectivity index is 0.00000192. The Hall–Kier alpha value is -1.82. The monoisotopic (exact) mass is 327 g/mol. The van der Waals surface area contributed by atoms with E-state index in [0.717, 1.165) is 37.0 Å². The van der Waals surface area contributed by atoms with Gasteiger partial charge in [-0.15, -0.1) is 12.4 Å². The van der Waals surface area contributed by atoms with Crippen LogP contribution in [0.5, 0.6) is 0 Å². The number of piperidine rings is 1. The molecule has 3 heteroatoms. The maximum atomic E-state index is 9.80. The summed E-state index contributed by atoms with van der Waals surface area (Å²) in [5.74, 6) is 0. The Labute approximate surface area is 145 Å². The van der Waals surface area contributed by atoms with E-state index in [1.807, 2.05) is 18.2 Å². The van der Waals surface area contributed by atoms with Crippen LogP contribution in [0, 0.1) is 11.3 Å². The molecule has 2 aromatic carbocycles. The van der Waals surface area contributed by atoms with Crippen LogP contribution in [0.3, 0.4) is 0 Å². The van der Waals surface area contributed by atoms with Crippen LogP contribution < -0.4 is 0 Å². The molecule has 0 aliphatic carbocycles. The highest BCUT2D eigenvalue weighted by atomic mass is 35.5. The van der Waals surface area contributed by atoms with Crippen molar-refractivity contribution in [1.82, 2.24) is 0 Å². The molecule has 2 nitrogen and oxygen atoms in total. The lowest BCUT2D eigenvalue weighted by atomic mass is 9.73. The van der Waals surface area contributed by atoms with Gasteiger partial charge in [0.25, 0.3) is 0 Å². The van der Waals surface area contributed by atoms with Crippen LogP contribution in [-0.4, -0.2) is 24.6 Å². The molecule has 1 heterocycles. The molecule has 0 radical (unpaired) electrons. The predicted octanol–water partition coefficient (Wildman–Crippen LogP) is 4.31. The zero-order chi connectivity index (χ0) is 15.5. The highest BCUT2D eigenvalue weighted by Crippen LogP contribution is 2.37. The van der Waals surface area contributed by atoms with E-state index in [9.17, 15) is 5.26 Å². The van der Waals surface area contributed by atoms with Gasteiger partial charge in [-0.05, 0) is 5.56 Å². The van der Waals surface area contributed by atoms with E-state index >= 15 is 0 Å². The van der Waals surface area contributed by atoms with E-state index in [-0.39, 0.29) is 17.8 Å². The van der Waals surface area contributed by atoms with Crippen LogP contribution in [0.25, 0.3) is 0 Å². The lowest BCUT2D eigenvalue weighted by Gasteiger charge is -2.44. The molecule has 0 unspecified atom stereocenters. The molecule has 0 aromatic heterocycles. The summed E-state index contributed by atoms with van der Waals surface area (Å²) in [6.07, 6.45) is 1.88. The third-order valence-corrected chi connectivity index (χ3v) is 5.10. The minimum atomic E-state index is -0.296. The van der Waals surface area contributed by atoms with Gasteiger partial charge >= 0.3 is 0 Å². The van der Waals surface area contributed by atoms with Crippen molar-refractivity contribution in [1.29, 1.82) is 5.26 Å². The fourth-order valence-corrected chi connectivity index (χ4v) is 3.56. The predicted molar refractivity (Wildman–Crippen MR) is 96.3 cm³/mol. The van der Waals surface area contributed by atoms with Gasteiger partial charge in [0.2, 0.25) is 0 Å². The number of benzene rings is 2. The molecule has 1 saturated heterocycles. The summed E-state index contributed by atoms with van der Waals surface area (Å²) in [4.78, 5) is 0. The third-order valence-electron chi connectivity index (χ3n) is 5.10. The summed E-state index contributed by atoms with van der Waals surface area (Å²) >= 11 is 0. The molecular formula is C20H24ClN2+. The minimum absolute atomic E-state index is 0. The maximum Gasteiger partial charge on any atom is 0.104 e. The second-order valence-electron chi connectivity index (χ2n) is 6.77. The lowest BCUT2D eigenvalue weighted by Crippen LogP contribution is -2.52. The standard InChI is InChI=1S/C20H23N2.ClH/c1-22(16-18-8-4-2-5-9-18)14-12-20(17-21,13-15-22)19-10-6-3-7-11-19;/h2-11H,12-16H2,1H3;1H/q+1;. The molecule has 2 aromatic rings. The lowest BCUT2D eigenvalue weighted by molar-refractivity contribution is -0.928. The highest BCUT2D eigenvalue weighted by molar-refractivity contribution is 5.85. The van der Waals surface area contributed by atoms with Crippen LogP contribution in [0.2, 0.25) is 0 Å². The molecule has 1 fully saturated rings. The van der Waals surface area contributed by atoms with Gasteiger partial charge in [-0.25, -0.2) is 0 Å². The van der Waals surface area contributed by atoms with Gasteiger partial charge in [-0.2, -0.15) is 5.26 Å². The molecule has 0 amide bonds. The summed E-state index contributed by atoms with van der Waals surface area (Å²) in [7, 11) is 2.32. The largest absolute Gasteiger partial charge is 0.322 e. The average molecular weight is 328 g/mol. The average Bonchev–Trinajstić information content (AvgIpc) is 2.58. The van der Waals surface area contributed by atoms with Gasteiger partial charge in [0.05, 0.1) is 31.6 Å². The first-order valence-corrected chi connectivity index (χ1v) is 8.00. The van der Waals surface area contributed by atoms with Crippen molar-refractivity contribution >= 4 is 12.4 Å². The van der Waals surface area contributed by atoms with Crippen LogP contribution in [0.1, 0.15) is 24.0 Å². The van der Waals surface area contributed by atoms with E-state index in [1.54, 1.807) is 0 Å². The first-order chi connectivity index (χ1) is 10.7. The molecule has 0 spiro atoms. The second kappa shape index (κ2) is 7.17. The van der Waals surface area contributed by atoms with E-state index in [1.165, 1.54) is 11.1 Å². The smallest absolute Gasteiger partial charge is 0.104 e. The number of hydrogen-bond acceptors (Lipinski definition) is 1. The Kier molecular flexibility index (Phi) is 5.46. The van der Waals surface area contributed by atoms with Crippen LogP contribution in [0.15, 0.2) is 60.7 Å². The third kappa shape index (κ3) is 3.75. The number of halogens is 1. The number of nitrogens with zero attached hydrogens (tertiary/aromatic N) is 2. The molecule has 0 atom stereocenters. The van der Waals surface area contributed by atoms with Gasteiger partial charge in [0.15, 0.2) is 0 Å². The van der Waals surface area contributed by atoms with Crippen molar-refractivity contribution in [2.75, 3.05) is 20.1 Å². The highest BCUT2D eigenvalue weighted by Gasteiger charge is 2.42. The van der Waals surface area contributed by atoms with E-state index in [4.69, 9.17) is 0 Å². The molecule has 1 aliphatic heterocycles. The fraction of sp³-hybridized carbons (Fsp3) is 0.350. The number of quaternary nitrogens is 1. The van der Waals surface area contributed by atoms with Gasteiger partial charge in [-0.1, -0.05) is 60.7 Å². The van der Waals surface area contributed by atoms with Crippen molar-refractivity contribution < 1.29 is 4.48 Å². The molecule has 3 rings (SSSR count). The number of likely N-dealkylation sites (tertiary alicyclic amines) is 1.